The predicted molar refractivity (Wildman–Crippen MR) is 152 cm³/mol. The predicted octanol–water partition coefficient (Wildman–Crippen LogP) is 4.75. The topological polar surface area (TPSA) is 40.5 Å². The maximum absolute atomic E-state index is 11.5. The van der Waals surface area contributed by atoms with Gasteiger partial charge >= 0.3 is 0 Å². The SMILES string of the molecule is OCC[C@H]1[C@H](P(c2ccccc2)c2ccccc2)[C@H](P(c2ccccc2)c2ccccc2)C[C@H]1O. The van der Waals surface area contributed by atoms with Gasteiger partial charge in [0.15, 0.2) is 0 Å². The average Bonchev–Trinajstić information content (AvgIpc) is 3.22. The molecule has 2 N–H and O–H groups in total. The van der Waals surface area contributed by atoms with Gasteiger partial charge in [0.1, 0.15) is 0 Å². The van der Waals surface area contributed by atoms with Crippen molar-refractivity contribution in [1.29, 1.82) is 0 Å². The van der Waals surface area contributed by atoms with E-state index in [0.29, 0.717) is 12.1 Å². The van der Waals surface area contributed by atoms with Crippen molar-refractivity contribution >= 4 is 37.1 Å². The number of aliphatic hydroxyl groups excluding tert-OH is 2. The summed E-state index contributed by atoms with van der Waals surface area (Å²) in [6.45, 7) is 0.103. The molecule has 0 saturated heterocycles. The lowest BCUT2D eigenvalue weighted by Gasteiger charge is -2.38. The van der Waals surface area contributed by atoms with Crippen LogP contribution in [-0.2, 0) is 0 Å². The molecule has 0 aromatic heterocycles. The summed E-state index contributed by atoms with van der Waals surface area (Å²) < 4.78 is 0. The van der Waals surface area contributed by atoms with Crippen molar-refractivity contribution in [3.63, 3.8) is 0 Å². The van der Waals surface area contributed by atoms with Gasteiger partial charge in [0.05, 0.1) is 6.10 Å². The molecule has 0 bridgehead atoms. The highest BCUT2D eigenvalue weighted by Crippen LogP contribution is 2.60. The van der Waals surface area contributed by atoms with Crippen molar-refractivity contribution in [2.24, 2.45) is 5.92 Å². The molecule has 1 fully saturated rings. The minimum atomic E-state index is -0.737. The molecule has 4 aromatic rings. The van der Waals surface area contributed by atoms with Crippen molar-refractivity contribution in [2.45, 2.75) is 30.3 Å². The van der Waals surface area contributed by atoms with Gasteiger partial charge < -0.3 is 10.2 Å². The summed E-state index contributed by atoms with van der Waals surface area (Å²) in [5.41, 5.74) is 0.580. The van der Waals surface area contributed by atoms with Crippen molar-refractivity contribution in [3.05, 3.63) is 121 Å². The van der Waals surface area contributed by atoms with E-state index in [1.807, 2.05) is 0 Å². The van der Waals surface area contributed by atoms with Crippen LogP contribution in [0.5, 0.6) is 0 Å². The number of benzene rings is 4. The largest absolute Gasteiger partial charge is 0.396 e. The van der Waals surface area contributed by atoms with Crippen molar-refractivity contribution in [1.82, 2.24) is 0 Å². The molecule has 0 unspecified atom stereocenters. The van der Waals surface area contributed by atoms with E-state index >= 15 is 0 Å². The standard InChI is InChI=1S/C31H32O2P2/c32-22-21-28-29(33)23-30(34(24-13-5-1-6-14-24)25-15-7-2-8-16-25)31(28)35(26-17-9-3-10-18-26)27-19-11-4-12-20-27/h1-20,28-33H,21-23H2/t28-,29-,30-,31+/m1/s1. The summed E-state index contributed by atoms with van der Waals surface area (Å²) in [5, 5.41) is 26.9. The van der Waals surface area contributed by atoms with Crippen LogP contribution >= 0.6 is 15.8 Å². The van der Waals surface area contributed by atoms with Gasteiger partial charge in [-0.25, -0.2) is 0 Å². The fraction of sp³-hybridized carbons (Fsp3) is 0.226. The average molecular weight is 499 g/mol. The summed E-state index contributed by atoms with van der Waals surface area (Å²) in [7, 11) is -1.43. The monoisotopic (exact) mass is 498 g/mol. The molecular formula is C31H32O2P2. The molecule has 4 heteroatoms. The minimum absolute atomic E-state index is 0.0638. The summed E-state index contributed by atoms with van der Waals surface area (Å²) in [6.07, 6.45) is 0.990. The van der Waals surface area contributed by atoms with Crippen molar-refractivity contribution in [2.75, 3.05) is 6.61 Å². The Morgan fingerprint density at radius 1 is 0.571 bits per heavy atom. The first-order valence-corrected chi connectivity index (χ1v) is 15.2. The maximum Gasteiger partial charge on any atom is 0.0582 e. The Balaban J connectivity index is 1.69. The second-order valence-corrected chi connectivity index (χ2v) is 13.9. The fourth-order valence-corrected chi connectivity index (χ4v) is 12.6. The third kappa shape index (κ3) is 5.28. The van der Waals surface area contributed by atoms with Gasteiger partial charge in [0.2, 0.25) is 0 Å². The van der Waals surface area contributed by atoms with Crippen molar-refractivity contribution < 1.29 is 10.2 Å². The first kappa shape index (κ1) is 24.4. The number of rotatable bonds is 8. The minimum Gasteiger partial charge on any atom is -0.396 e. The number of aliphatic hydroxyl groups is 2. The van der Waals surface area contributed by atoms with E-state index in [1.165, 1.54) is 21.2 Å². The zero-order valence-electron chi connectivity index (χ0n) is 19.8. The zero-order valence-corrected chi connectivity index (χ0v) is 21.6. The molecular weight excluding hydrogens is 466 g/mol. The van der Waals surface area contributed by atoms with Crippen LogP contribution in [-0.4, -0.2) is 34.2 Å². The van der Waals surface area contributed by atoms with Gasteiger partial charge in [-0.1, -0.05) is 121 Å². The molecule has 4 aromatic carbocycles. The lowest BCUT2D eigenvalue weighted by Crippen LogP contribution is -2.36. The number of hydrogen-bond acceptors (Lipinski definition) is 2. The molecule has 0 heterocycles. The summed E-state index contributed by atoms with van der Waals surface area (Å²) >= 11 is 0. The normalized spacial score (nSPS) is 22.1. The molecule has 5 rings (SSSR count). The van der Waals surface area contributed by atoms with Crippen LogP contribution in [0.15, 0.2) is 121 Å². The third-order valence-corrected chi connectivity index (χ3v) is 13.2. The van der Waals surface area contributed by atoms with Gasteiger partial charge in [-0.3, -0.25) is 0 Å². The van der Waals surface area contributed by atoms with Crippen LogP contribution in [0.2, 0.25) is 0 Å². The first-order valence-electron chi connectivity index (χ1n) is 12.4. The second kappa shape index (κ2) is 11.6. The summed E-state index contributed by atoms with van der Waals surface area (Å²) in [6, 6.07) is 43.4. The molecule has 1 saturated carbocycles. The summed E-state index contributed by atoms with van der Waals surface area (Å²) in [5.74, 6) is 0.0638. The highest BCUT2D eigenvalue weighted by Gasteiger charge is 2.49. The molecule has 1 aliphatic rings. The quantitative estimate of drug-likeness (QED) is 0.344. The van der Waals surface area contributed by atoms with E-state index in [-0.39, 0.29) is 18.2 Å². The van der Waals surface area contributed by atoms with Gasteiger partial charge in [0, 0.05) is 6.61 Å². The van der Waals surface area contributed by atoms with Gasteiger partial charge in [0.25, 0.3) is 0 Å². The molecule has 0 radical (unpaired) electrons. The molecule has 178 valence electrons. The van der Waals surface area contributed by atoms with E-state index in [1.54, 1.807) is 0 Å². The molecule has 1 aliphatic carbocycles. The van der Waals surface area contributed by atoms with E-state index in [0.717, 1.165) is 6.42 Å². The van der Waals surface area contributed by atoms with Gasteiger partial charge in [-0.05, 0) is 67.1 Å². The van der Waals surface area contributed by atoms with Gasteiger partial charge in [-0.2, -0.15) is 0 Å². The Bertz CT molecular complexity index is 1090. The van der Waals surface area contributed by atoms with Crippen molar-refractivity contribution in [3.8, 4) is 0 Å². The Morgan fingerprint density at radius 3 is 1.31 bits per heavy atom. The molecule has 0 spiro atoms. The fourth-order valence-electron chi connectivity index (χ4n) is 5.59. The molecule has 35 heavy (non-hydrogen) atoms. The molecule has 2 nitrogen and oxygen atoms in total. The Hall–Kier alpha value is -2.34. The van der Waals surface area contributed by atoms with Crippen LogP contribution in [0.1, 0.15) is 12.8 Å². The first-order chi connectivity index (χ1) is 17.3. The highest BCUT2D eigenvalue weighted by molar-refractivity contribution is 7.77. The van der Waals surface area contributed by atoms with Crippen LogP contribution in [0.3, 0.4) is 0 Å². The van der Waals surface area contributed by atoms with E-state index < -0.39 is 21.9 Å². The highest BCUT2D eigenvalue weighted by atomic mass is 31.1. The lowest BCUT2D eigenvalue weighted by atomic mass is 10.0. The van der Waals surface area contributed by atoms with E-state index in [4.69, 9.17) is 0 Å². The second-order valence-electron chi connectivity index (χ2n) is 9.12. The van der Waals surface area contributed by atoms with E-state index in [9.17, 15) is 10.2 Å². The number of hydrogen-bond donors (Lipinski definition) is 2. The Labute approximate surface area is 211 Å². The van der Waals surface area contributed by atoms with E-state index in [2.05, 4.69) is 121 Å². The lowest BCUT2D eigenvalue weighted by molar-refractivity contribution is 0.115. The van der Waals surface area contributed by atoms with Crippen LogP contribution in [0.4, 0.5) is 0 Å². The Morgan fingerprint density at radius 2 is 0.943 bits per heavy atom. The molecule has 0 amide bonds. The van der Waals surface area contributed by atoms with Crippen LogP contribution in [0, 0.1) is 5.92 Å². The smallest absolute Gasteiger partial charge is 0.0582 e. The zero-order chi connectivity index (χ0) is 24.0. The van der Waals surface area contributed by atoms with Crippen LogP contribution in [0.25, 0.3) is 0 Å². The molecule has 4 atom stereocenters. The Kier molecular flexibility index (Phi) is 8.07. The molecule has 0 aliphatic heterocycles. The van der Waals surface area contributed by atoms with Gasteiger partial charge in [-0.15, -0.1) is 0 Å². The van der Waals surface area contributed by atoms with Crippen LogP contribution < -0.4 is 21.2 Å². The third-order valence-electron chi connectivity index (χ3n) is 7.04. The maximum atomic E-state index is 11.5. The summed E-state index contributed by atoms with van der Waals surface area (Å²) in [4.78, 5) is 0.